The fraction of sp³-hybridized carbons (Fsp3) is 0.442. The molecule has 538 valence electrons. The van der Waals surface area contributed by atoms with Gasteiger partial charge in [0.1, 0.15) is 42.9 Å². The van der Waals surface area contributed by atoms with Crippen molar-refractivity contribution in [3.8, 4) is 11.5 Å². The van der Waals surface area contributed by atoms with Gasteiger partial charge in [0.05, 0.1) is 26.1 Å². The molecule has 5 aromatic rings. The Kier molecular flexibility index (Phi) is 27.7. The molecular weight excluding hydrogens is 1290 g/mol. The summed E-state index contributed by atoms with van der Waals surface area (Å²) in [6.07, 6.45) is 3.53. The van der Waals surface area contributed by atoms with Crippen molar-refractivity contribution in [2.45, 2.75) is 148 Å². The summed E-state index contributed by atoms with van der Waals surface area (Å²) in [5.41, 5.74) is 2.69. The van der Waals surface area contributed by atoms with E-state index in [9.17, 15) is 43.2 Å². The summed E-state index contributed by atoms with van der Waals surface area (Å²) in [6, 6.07) is 31.2. The standard InChI is InChI=1S/C77H95N9O15/c1-50(2)43-61-73(94)83(5)42-39-78-38-37-68(90)100-49-77(3,4)70(91)75(96)86-40-16-15-25-60(86)76(97)101-62(33-31-52-32-34-63(98-7)64(45-52)99-8)56-23-17-24-57(47-56)80-65(87)35-36-66(88)82-69(55-21-13-10-14-22-55)71(92)81-58(72(93)85-41-18-26-59(85)74(95)84(61)6)44-51-27-29-53(30-28-51)46-67(89)79-48-54-19-11-9-12-20-54/h9-14,17,19-24,27-30,32,34,37-38,45,47,50,58-62,69,78H,15-16,18,25-26,31,33,35-36,39-44,46,48-49H2,1-8H3,(H,79,89)(H,80,87)(H,81,92)(H,82,88)/t58-,59+,60-,61-,62+,69-/m0/s1. The number of methoxy groups -OCH3 is 2. The number of Topliss-reactive ketones (excluding diaryl/α,β-unsaturated/α-hetero) is 1. The minimum Gasteiger partial charge on any atom is -0.493 e. The molecule has 0 unspecified atom stereocenters. The minimum absolute atomic E-state index is 0.0520. The zero-order valence-corrected chi connectivity index (χ0v) is 59.0. The lowest BCUT2D eigenvalue weighted by atomic mass is 9.87. The molecule has 0 aliphatic carbocycles. The van der Waals surface area contributed by atoms with E-state index >= 15 is 9.59 Å². The van der Waals surface area contributed by atoms with E-state index in [0.29, 0.717) is 71.7 Å². The van der Waals surface area contributed by atoms with Gasteiger partial charge in [0.25, 0.3) is 5.91 Å². The third-order valence-corrected chi connectivity index (χ3v) is 18.3. The number of likely N-dealkylation sites (N-methyl/N-ethyl adjacent to an activating group) is 2. The number of hydrogen-bond acceptors (Lipinski definition) is 16. The van der Waals surface area contributed by atoms with E-state index in [-0.39, 0.29) is 95.3 Å². The minimum atomic E-state index is -1.52. The number of aryl methyl sites for hydroxylation is 1. The van der Waals surface area contributed by atoms with Crippen LogP contribution < -0.4 is 36.1 Å². The second-order valence-electron chi connectivity index (χ2n) is 26.9. The molecule has 24 heteroatoms. The number of cyclic esters (lactones) is 2. The molecular formula is C77H95N9O15. The molecule has 0 spiro atoms. The number of ketones is 1. The zero-order valence-electron chi connectivity index (χ0n) is 59.0. The molecule has 101 heavy (non-hydrogen) atoms. The first-order chi connectivity index (χ1) is 48.4. The highest BCUT2D eigenvalue weighted by atomic mass is 16.5. The van der Waals surface area contributed by atoms with Gasteiger partial charge in [-0.05, 0) is 129 Å². The first kappa shape index (κ1) is 76.4. The number of amides is 8. The number of esters is 2. The first-order valence-electron chi connectivity index (χ1n) is 34.5. The number of anilines is 1. The van der Waals surface area contributed by atoms with Crippen LogP contribution in [0.25, 0.3) is 0 Å². The number of piperidine rings is 1. The fourth-order valence-corrected chi connectivity index (χ4v) is 12.6. The van der Waals surface area contributed by atoms with E-state index in [1.165, 1.54) is 60.9 Å². The first-order valence-corrected chi connectivity index (χ1v) is 34.5. The predicted octanol–water partition coefficient (Wildman–Crippen LogP) is 7.04. The molecule has 24 nitrogen and oxygen atoms in total. The van der Waals surface area contributed by atoms with E-state index < -0.39 is 101 Å². The van der Waals surface area contributed by atoms with Crippen LogP contribution in [0.3, 0.4) is 0 Å². The molecule has 2 saturated heterocycles. The van der Waals surface area contributed by atoms with Crippen molar-refractivity contribution in [2.24, 2.45) is 11.3 Å². The summed E-state index contributed by atoms with van der Waals surface area (Å²) < 4.78 is 22.9. The molecule has 0 radical (unpaired) electrons. The molecule has 2 fully saturated rings. The molecule has 8 rings (SSSR count). The van der Waals surface area contributed by atoms with Crippen molar-refractivity contribution in [3.05, 3.63) is 173 Å². The number of ether oxygens (including phenoxy) is 4. The van der Waals surface area contributed by atoms with Gasteiger partial charge in [0, 0.05) is 84.0 Å². The Morgan fingerprint density at radius 3 is 2.04 bits per heavy atom. The van der Waals surface area contributed by atoms with E-state index in [2.05, 4.69) is 26.6 Å². The Labute approximate surface area is 590 Å². The average molecular weight is 1390 g/mol. The lowest BCUT2D eigenvalue weighted by Crippen LogP contribution is -2.58. The van der Waals surface area contributed by atoms with Crippen molar-refractivity contribution >= 4 is 70.7 Å². The van der Waals surface area contributed by atoms with Crippen LogP contribution in [-0.4, -0.2) is 170 Å². The van der Waals surface area contributed by atoms with Crippen molar-refractivity contribution < 1.29 is 71.7 Å². The maximum atomic E-state index is 15.3. The Morgan fingerprint density at radius 1 is 0.663 bits per heavy atom. The molecule has 5 aromatic carbocycles. The molecule has 8 amide bonds. The number of carbonyl (C=O) groups excluding carboxylic acids is 11. The van der Waals surface area contributed by atoms with Crippen molar-refractivity contribution in [1.29, 1.82) is 0 Å². The molecule has 6 atom stereocenters. The lowest BCUT2D eigenvalue weighted by molar-refractivity contribution is -0.165. The molecule has 0 aromatic heterocycles. The zero-order chi connectivity index (χ0) is 72.8. The van der Waals surface area contributed by atoms with Crippen LogP contribution in [0.5, 0.6) is 11.5 Å². The maximum Gasteiger partial charge on any atom is 0.332 e. The van der Waals surface area contributed by atoms with Gasteiger partial charge in [0.15, 0.2) is 11.5 Å². The number of nitrogens with one attached hydrogen (secondary N) is 5. The maximum absolute atomic E-state index is 15.3. The number of fused-ring (bicyclic) bond motifs is 4. The van der Waals surface area contributed by atoms with Crippen LogP contribution in [0, 0.1) is 11.3 Å². The predicted molar refractivity (Wildman–Crippen MR) is 377 cm³/mol. The lowest BCUT2D eigenvalue weighted by Gasteiger charge is -2.36. The van der Waals surface area contributed by atoms with Gasteiger partial charge in [-0.1, -0.05) is 117 Å². The second-order valence-corrected chi connectivity index (χ2v) is 26.9. The molecule has 0 saturated carbocycles. The normalized spacial score (nSPS) is 21.6. The van der Waals surface area contributed by atoms with Gasteiger partial charge in [-0.15, -0.1) is 0 Å². The molecule has 3 aliphatic rings. The summed E-state index contributed by atoms with van der Waals surface area (Å²) in [6.45, 7) is 7.19. The van der Waals surface area contributed by atoms with Crippen LogP contribution in [0.4, 0.5) is 5.69 Å². The van der Waals surface area contributed by atoms with Gasteiger partial charge >= 0.3 is 11.9 Å². The molecule has 2 bridgehead atoms. The van der Waals surface area contributed by atoms with E-state index in [1.807, 2.05) is 50.2 Å². The Hall–Kier alpha value is -10.4. The highest BCUT2D eigenvalue weighted by molar-refractivity contribution is 6.38. The van der Waals surface area contributed by atoms with Gasteiger partial charge in [-0.2, -0.15) is 0 Å². The Bertz CT molecular complexity index is 3770. The number of carbonyl (C=O) groups is 11. The average Bonchev–Trinajstić information content (AvgIpc) is 1.79. The summed E-state index contributed by atoms with van der Waals surface area (Å²) >= 11 is 0. The number of nitrogens with zero attached hydrogens (tertiary/aromatic N) is 4. The van der Waals surface area contributed by atoms with Crippen LogP contribution in [0.2, 0.25) is 0 Å². The van der Waals surface area contributed by atoms with Gasteiger partial charge in [-0.3, -0.25) is 43.2 Å². The summed E-state index contributed by atoms with van der Waals surface area (Å²) in [5.74, 6) is -6.10. The van der Waals surface area contributed by atoms with Crippen LogP contribution in [0.15, 0.2) is 140 Å². The summed E-state index contributed by atoms with van der Waals surface area (Å²) in [4.78, 5) is 162. The number of hydrogen-bond donors (Lipinski definition) is 5. The highest BCUT2D eigenvalue weighted by Crippen LogP contribution is 2.33. The number of rotatable bonds is 14. The summed E-state index contributed by atoms with van der Waals surface area (Å²) in [5, 5.41) is 14.5. The van der Waals surface area contributed by atoms with Gasteiger partial charge < -0.3 is 65.1 Å². The van der Waals surface area contributed by atoms with Crippen molar-refractivity contribution in [2.75, 3.05) is 66.4 Å². The van der Waals surface area contributed by atoms with Crippen molar-refractivity contribution in [3.63, 3.8) is 0 Å². The van der Waals surface area contributed by atoms with Crippen molar-refractivity contribution in [1.82, 2.24) is 40.9 Å². The number of benzene rings is 5. The van der Waals surface area contributed by atoms with Crippen LogP contribution in [-0.2, 0) is 88.0 Å². The SMILES string of the molecule is COc1ccc(CC[C@H]2OC(=O)[C@@H]3CCCCN3C(=O)C(=O)C(C)(C)COC(=O)C=CNCCN(C)C(=O)[C@H](CC(C)C)N(C)C(=O)[C@H]3CCCN3C(=O)[C@H](Cc3ccc(CC(=O)NCc4ccccc4)cc3)NC(=O)[C@H](c3ccccc3)NC(=O)CCC(=O)Nc3cccc2c3)cc1OC. The van der Waals surface area contributed by atoms with E-state index in [1.54, 1.807) is 98.0 Å². The topological polar surface area (TPSA) is 298 Å². The smallest absolute Gasteiger partial charge is 0.332 e. The largest absolute Gasteiger partial charge is 0.493 e. The van der Waals surface area contributed by atoms with E-state index in [4.69, 9.17) is 18.9 Å². The van der Waals surface area contributed by atoms with Crippen LogP contribution in [0.1, 0.15) is 131 Å². The Morgan fingerprint density at radius 2 is 1.33 bits per heavy atom. The summed E-state index contributed by atoms with van der Waals surface area (Å²) in [7, 11) is 6.17. The fourth-order valence-electron chi connectivity index (χ4n) is 12.6. The van der Waals surface area contributed by atoms with Crippen LogP contribution >= 0.6 is 0 Å². The third kappa shape index (κ3) is 21.6. The molecule has 5 N–H and O–H groups in total. The third-order valence-electron chi connectivity index (χ3n) is 18.3. The monoisotopic (exact) mass is 1390 g/mol. The molecule has 3 aliphatic heterocycles. The second kappa shape index (κ2) is 36.6. The highest BCUT2D eigenvalue weighted by Gasteiger charge is 2.44. The Balaban J connectivity index is 1.08. The quantitative estimate of drug-likeness (QED) is 0.0550. The molecule has 3 heterocycles. The van der Waals surface area contributed by atoms with Gasteiger partial charge in [0.2, 0.25) is 47.1 Å². The van der Waals surface area contributed by atoms with E-state index in [0.717, 1.165) is 17.2 Å². The van der Waals surface area contributed by atoms with Gasteiger partial charge in [-0.25, -0.2) is 9.59 Å².